The van der Waals surface area contributed by atoms with E-state index in [0.717, 1.165) is 0 Å². The molecule has 0 unspecified atom stereocenters. The molecule has 1 nitrogen and oxygen atoms in total. The van der Waals surface area contributed by atoms with Gasteiger partial charge in [-0.05, 0) is 23.8 Å². The Morgan fingerprint density at radius 1 is 0.609 bits per heavy atom. The fourth-order valence-electron chi connectivity index (χ4n) is 2.18. The minimum atomic E-state index is -0.446. The topological polar surface area (TPSA) is 17.1 Å². The van der Waals surface area contributed by atoms with Gasteiger partial charge in [0.25, 0.3) is 0 Å². The maximum Gasteiger partial charge on any atom is 0 e. The summed E-state index contributed by atoms with van der Waals surface area (Å²) >= 11 is 3.49. The van der Waals surface area contributed by atoms with Crippen molar-refractivity contribution in [3.8, 4) is 0 Å². The van der Waals surface area contributed by atoms with Gasteiger partial charge in [0.2, 0.25) is 0 Å². The van der Waals surface area contributed by atoms with Gasteiger partial charge in [-0.2, -0.15) is 0 Å². The first kappa shape index (κ1) is 19.8. The minimum Gasteiger partial charge on any atom is -0.0622 e. The van der Waals surface area contributed by atoms with E-state index >= 15 is 0 Å². The van der Waals surface area contributed by atoms with E-state index in [2.05, 4.69) is 106 Å². The van der Waals surface area contributed by atoms with E-state index in [-0.39, 0.29) is 16.5 Å². The average Bonchev–Trinajstić information content (AvgIpc) is 2.59. The van der Waals surface area contributed by atoms with Crippen molar-refractivity contribution in [2.75, 3.05) is 0 Å². The molecule has 0 aliphatic heterocycles. The molecule has 0 aromatic heterocycles. The van der Waals surface area contributed by atoms with Gasteiger partial charge in [-0.1, -0.05) is 91.0 Å². The molecule has 0 aliphatic carbocycles. The fraction of sp³-hybridized carbons (Fsp3) is 0. The van der Waals surface area contributed by atoms with Gasteiger partial charge in [0.1, 0.15) is 0 Å². The van der Waals surface area contributed by atoms with Gasteiger partial charge in [-0.15, -0.1) is 0 Å². The molecule has 0 amide bonds. The summed E-state index contributed by atoms with van der Waals surface area (Å²) in [6, 6.07) is 32.3. The summed E-state index contributed by atoms with van der Waals surface area (Å²) in [5, 5.41) is 4.57. The molecule has 0 spiro atoms. The molecule has 3 aromatic carbocycles. The molecular formula is C19H16Ni2OP. The predicted octanol–water partition coefficient (Wildman–Crippen LogP) is 3.17. The van der Waals surface area contributed by atoms with E-state index in [1.165, 1.54) is 15.9 Å². The van der Waals surface area contributed by atoms with Crippen LogP contribution in [-0.2, 0) is 36.8 Å². The number of carbonyl (C=O) groups excluding carboxylic acids is 1. The molecule has 0 bridgehead atoms. The Bertz CT molecular complexity index is 582. The average molecular weight is 409 g/mol. The summed E-state index contributed by atoms with van der Waals surface area (Å²) in [5.41, 5.74) is 0. The molecule has 0 radical (unpaired) electrons. The van der Waals surface area contributed by atoms with E-state index < -0.39 is 7.92 Å². The first-order chi connectivity index (χ1) is 10.9. The summed E-state index contributed by atoms with van der Waals surface area (Å²) in [4.78, 5) is 8.64. The molecule has 0 aliphatic rings. The summed E-state index contributed by atoms with van der Waals surface area (Å²) in [5.74, 6) is 0. The molecule has 0 atom stereocenters. The van der Waals surface area contributed by atoms with E-state index in [4.69, 9.17) is 4.79 Å². The summed E-state index contributed by atoms with van der Waals surface area (Å²) in [7, 11) is -0.446. The van der Waals surface area contributed by atoms with Crippen LogP contribution >= 0.6 is 7.92 Å². The summed E-state index contributed by atoms with van der Waals surface area (Å²) < 4.78 is 0. The van der Waals surface area contributed by atoms with E-state index in [1.54, 1.807) is 0 Å². The Labute approximate surface area is 156 Å². The largest absolute Gasteiger partial charge is 0.0622 e. The number of benzene rings is 3. The molecule has 0 saturated carbocycles. The van der Waals surface area contributed by atoms with Crippen LogP contribution in [-0.4, -0.2) is 5.26 Å². The van der Waals surface area contributed by atoms with Crippen LogP contribution in [0.15, 0.2) is 91.0 Å². The molecule has 4 heteroatoms. The smallest absolute Gasteiger partial charge is 0 e. The zero-order valence-electron chi connectivity index (χ0n) is 12.2. The van der Waals surface area contributed by atoms with Crippen LogP contribution in [0.25, 0.3) is 0 Å². The Kier molecular flexibility index (Phi) is 9.73. The number of hydrogen-bond donors (Lipinski definition) is 0. The van der Waals surface area contributed by atoms with Crippen LogP contribution in [0.1, 0.15) is 0 Å². The second-order valence-electron chi connectivity index (χ2n) is 4.42. The van der Waals surface area contributed by atoms with Gasteiger partial charge < -0.3 is 0 Å². The van der Waals surface area contributed by atoms with Crippen LogP contribution in [0.3, 0.4) is 0 Å². The summed E-state index contributed by atoms with van der Waals surface area (Å²) in [6.45, 7) is 0. The quantitative estimate of drug-likeness (QED) is 0.370. The van der Waals surface area contributed by atoms with Crippen molar-refractivity contribution in [2.45, 2.75) is 0 Å². The molecule has 123 valence electrons. The van der Waals surface area contributed by atoms with Gasteiger partial charge in [-0.3, -0.25) is 0 Å². The number of rotatable bonds is 3. The Balaban J connectivity index is 0.000000615. The number of carbonyl (C=O) groups is 1. The molecule has 0 N–H and O–H groups in total. The van der Waals surface area contributed by atoms with Gasteiger partial charge in [0, 0.05) is 16.5 Å². The minimum absolute atomic E-state index is 0. The Morgan fingerprint density at radius 2 is 0.826 bits per heavy atom. The molecule has 3 rings (SSSR count). The van der Waals surface area contributed by atoms with Crippen LogP contribution < -0.4 is 15.9 Å². The van der Waals surface area contributed by atoms with Crippen molar-refractivity contribution >= 4 is 29.1 Å². The standard InChI is InChI=1S/C18H15P.CHO.2Ni/c1-4-10-16(11-5-1)19(17-12-6-2-7-13-17)18-14-8-3-9-15-18;1-2;;/h1-15H;1H;;. The van der Waals surface area contributed by atoms with Crippen LogP contribution in [0.2, 0.25) is 0 Å². The second-order valence-corrected chi connectivity index (χ2v) is 6.87. The van der Waals surface area contributed by atoms with E-state index in [9.17, 15) is 0 Å². The SMILES string of the molecule is O=[CH][Ni].[Ni].c1ccc(P(c2ccccc2)c2ccccc2)cc1. The van der Waals surface area contributed by atoms with Crippen LogP contribution in [0.5, 0.6) is 0 Å². The zero-order valence-corrected chi connectivity index (χ0v) is 15.1. The molecule has 23 heavy (non-hydrogen) atoms. The third kappa shape index (κ3) is 6.04. The van der Waals surface area contributed by atoms with Crippen LogP contribution in [0, 0.1) is 0 Å². The van der Waals surface area contributed by atoms with Gasteiger partial charge in [0.05, 0.1) is 0 Å². The Morgan fingerprint density at radius 3 is 1.04 bits per heavy atom. The number of hydrogen-bond acceptors (Lipinski definition) is 1. The fourth-order valence-corrected chi connectivity index (χ4v) is 4.48. The molecule has 3 aromatic rings. The van der Waals surface area contributed by atoms with Crippen molar-refractivity contribution in [3.63, 3.8) is 0 Å². The molecule has 0 heterocycles. The van der Waals surface area contributed by atoms with Gasteiger partial charge in [0.15, 0.2) is 0 Å². The van der Waals surface area contributed by atoms with E-state index in [0.29, 0.717) is 5.26 Å². The van der Waals surface area contributed by atoms with Gasteiger partial charge >= 0.3 is 25.5 Å². The van der Waals surface area contributed by atoms with Crippen molar-refractivity contribution in [1.29, 1.82) is 0 Å². The maximum atomic E-state index is 8.64. The molecule has 0 saturated heterocycles. The third-order valence-electron chi connectivity index (χ3n) is 3.04. The van der Waals surface area contributed by atoms with Crippen molar-refractivity contribution in [3.05, 3.63) is 91.0 Å². The summed E-state index contributed by atoms with van der Waals surface area (Å²) in [6.07, 6.45) is 0. The zero-order chi connectivity index (χ0) is 15.6. The van der Waals surface area contributed by atoms with Crippen LogP contribution in [0.4, 0.5) is 0 Å². The molecular weight excluding hydrogens is 393 g/mol. The van der Waals surface area contributed by atoms with Crippen molar-refractivity contribution in [1.82, 2.24) is 0 Å². The third-order valence-corrected chi connectivity index (χ3v) is 5.49. The first-order valence-electron chi connectivity index (χ1n) is 6.82. The second kappa shape index (κ2) is 11.3. The van der Waals surface area contributed by atoms with Crippen molar-refractivity contribution < 1.29 is 36.8 Å². The normalized spacial score (nSPS) is 9.35. The maximum absolute atomic E-state index is 8.64. The monoisotopic (exact) mass is 407 g/mol. The first-order valence-corrected chi connectivity index (χ1v) is 8.73. The van der Waals surface area contributed by atoms with Crippen molar-refractivity contribution in [2.24, 2.45) is 0 Å². The predicted molar refractivity (Wildman–Crippen MR) is 91.9 cm³/mol. The van der Waals surface area contributed by atoms with Gasteiger partial charge in [-0.25, -0.2) is 0 Å². The molecule has 0 fully saturated rings. The van der Waals surface area contributed by atoms with E-state index in [1.807, 2.05) is 0 Å². The Hall–Kier alpha value is -1.25.